The lowest BCUT2D eigenvalue weighted by atomic mass is 9.81. The van der Waals surface area contributed by atoms with Gasteiger partial charge in [0.15, 0.2) is 11.4 Å². The number of aryl methyl sites for hydroxylation is 4. The molecule has 13 rings (SSSR count). The van der Waals surface area contributed by atoms with Gasteiger partial charge in [-0.1, -0.05) is 10.3 Å². The number of Topliss-reactive ketones (excluding diaryl/α,β-unsaturated/α-hetero) is 1. The van der Waals surface area contributed by atoms with E-state index in [1.54, 1.807) is 6.20 Å². The SMILES string of the molecule is Cc1noc(C)c1-c1cc([C@](O)(c2cccnn2)[C@H]2CCC3(CC3)O2)c2nc(C3CC3)[nH]c2c1.Cc1noc(C)c1-c1cc2c(c(C(=O)[C@H]3CCC4(CC4)O3)c1)N=C(C1CC1)C2. The fraction of sp³-hybridized carbons (Fsp3) is 0.490. The minimum Gasteiger partial charge on any atom is -0.376 e. The molecule has 7 aliphatic rings. The number of nitrogens with zero attached hydrogens (tertiary/aromatic N) is 6. The average molecular weight is 834 g/mol. The van der Waals surface area contributed by atoms with Crippen LogP contribution in [0.25, 0.3) is 33.3 Å². The largest absolute Gasteiger partial charge is 0.376 e. The van der Waals surface area contributed by atoms with E-state index in [9.17, 15) is 9.90 Å². The number of fused-ring (bicyclic) bond motifs is 2. The van der Waals surface area contributed by atoms with Gasteiger partial charge in [-0.3, -0.25) is 9.79 Å². The maximum atomic E-state index is 13.5. The van der Waals surface area contributed by atoms with Crippen LogP contribution < -0.4 is 0 Å². The summed E-state index contributed by atoms with van der Waals surface area (Å²) in [5.74, 6) is 3.64. The normalized spacial score (nSPS) is 23.7. The smallest absolute Gasteiger partial charge is 0.193 e. The van der Waals surface area contributed by atoms with Gasteiger partial charge in [-0.25, -0.2) is 4.98 Å². The third-order valence-electron chi connectivity index (χ3n) is 14.6. The Labute approximate surface area is 359 Å². The molecule has 6 aromatic rings. The second-order valence-electron chi connectivity index (χ2n) is 19.2. The van der Waals surface area contributed by atoms with Gasteiger partial charge in [0.25, 0.3) is 0 Å². The second-order valence-corrected chi connectivity index (χ2v) is 19.2. The van der Waals surface area contributed by atoms with E-state index in [4.69, 9.17) is 28.5 Å². The molecule has 0 radical (unpaired) electrons. The number of carbonyl (C=O) groups is 1. The molecule has 7 heterocycles. The monoisotopic (exact) mass is 833 g/mol. The Morgan fingerprint density at radius 3 is 2.08 bits per heavy atom. The van der Waals surface area contributed by atoms with E-state index in [1.165, 1.54) is 18.6 Å². The van der Waals surface area contributed by atoms with Crippen LogP contribution in [-0.2, 0) is 21.5 Å². The van der Waals surface area contributed by atoms with E-state index >= 15 is 0 Å². The molecule has 62 heavy (non-hydrogen) atoms. The lowest BCUT2D eigenvalue weighted by Gasteiger charge is -2.34. The molecule has 0 amide bonds. The number of H-pyrrole nitrogens is 1. The highest BCUT2D eigenvalue weighted by molar-refractivity contribution is 6.09. The number of aliphatic hydroxyl groups is 1. The van der Waals surface area contributed by atoms with E-state index < -0.39 is 11.7 Å². The summed E-state index contributed by atoms with van der Waals surface area (Å²) in [4.78, 5) is 26.9. The summed E-state index contributed by atoms with van der Waals surface area (Å²) in [6, 6.07) is 11.9. The molecule has 0 bridgehead atoms. The van der Waals surface area contributed by atoms with Gasteiger partial charge < -0.3 is 28.6 Å². The fourth-order valence-corrected chi connectivity index (χ4v) is 10.5. The van der Waals surface area contributed by atoms with Crippen LogP contribution in [-0.4, -0.2) is 70.5 Å². The standard InChI is InChI=1S/C26H27N5O3.C23H24N2O3/c1-14-22(15(2)34-31-14)17-12-18(23-19(13-17)28-24(29-23)16-5-6-16)26(32,20-4-3-11-27-30-20)21-7-8-25(33-21)9-10-25;1-12-20(13(2)28-25-12)15-9-16-11-18(14-3-4-14)24-21(16)17(10-15)22(26)19-5-6-23(27-19)7-8-23/h3-4,11-13,16,21,32H,5-10H2,1-2H3,(H,28,29);9-10,14,19H,3-8,11H2,1-2H3/t21-,26+;19-/m11/s1. The quantitative estimate of drug-likeness (QED) is 0.133. The summed E-state index contributed by atoms with van der Waals surface area (Å²) >= 11 is 0. The topological polar surface area (TPSA) is 175 Å². The Bertz CT molecular complexity index is 2780. The third-order valence-corrected chi connectivity index (χ3v) is 14.6. The Kier molecular flexibility index (Phi) is 8.54. The molecule has 4 saturated carbocycles. The number of rotatable bonds is 9. The predicted octanol–water partition coefficient (Wildman–Crippen LogP) is 9.34. The maximum Gasteiger partial charge on any atom is 0.193 e. The number of carbonyl (C=O) groups excluding carboxylic acids is 1. The number of imidazole rings is 1. The second kappa shape index (κ2) is 13.8. The van der Waals surface area contributed by atoms with Crippen molar-refractivity contribution in [1.82, 2.24) is 30.5 Å². The summed E-state index contributed by atoms with van der Waals surface area (Å²) in [6.07, 6.45) is 14.2. The minimum atomic E-state index is -1.50. The van der Waals surface area contributed by atoms with Gasteiger partial charge in [-0.15, -0.1) is 0 Å². The highest BCUT2D eigenvalue weighted by atomic mass is 16.5. The molecule has 3 atom stereocenters. The number of aliphatic imine (C=N–C) groups is 1. The van der Waals surface area contributed by atoms with Gasteiger partial charge in [0.05, 0.1) is 45.4 Å². The van der Waals surface area contributed by atoms with Crippen molar-refractivity contribution in [2.75, 3.05) is 0 Å². The Balaban J connectivity index is 0.000000135. The number of aromatic nitrogens is 6. The zero-order chi connectivity index (χ0) is 42.1. The molecule has 2 aromatic carbocycles. The molecule has 13 nitrogen and oxygen atoms in total. The number of aromatic amines is 1. The molecule has 3 aliphatic heterocycles. The van der Waals surface area contributed by atoms with Crippen molar-refractivity contribution in [1.29, 1.82) is 0 Å². The van der Waals surface area contributed by atoms with E-state index in [1.807, 2.05) is 52.0 Å². The van der Waals surface area contributed by atoms with E-state index in [0.717, 1.165) is 144 Å². The van der Waals surface area contributed by atoms with E-state index in [2.05, 4.69) is 37.6 Å². The molecule has 2 spiro atoms. The summed E-state index contributed by atoms with van der Waals surface area (Å²) in [7, 11) is 0. The van der Waals surface area contributed by atoms with Gasteiger partial charge in [-0.05, 0) is 164 Å². The van der Waals surface area contributed by atoms with Crippen molar-refractivity contribution in [2.45, 2.75) is 146 Å². The lowest BCUT2D eigenvalue weighted by Crippen LogP contribution is -2.42. The summed E-state index contributed by atoms with van der Waals surface area (Å²) in [5, 5.41) is 29.4. The molecular formula is C49H51N7O6. The Morgan fingerprint density at radius 2 is 1.48 bits per heavy atom. The number of hydrogen-bond donors (Lipinski definition) is 2. The van der Waals surface area contributed by atoms with Crippen LogP contribution in [0.3, 0.4) is 0 Å². The van der Waals surface area contributed by atoms with Crippen LogP contribution >= 0.6 is 0 Å². The summed E-state index contributed by atoms with van der Waals surface area (Å²) in [5.41, 5.74) is 10.7. The van der Waals surface area contributed by atoms with Crippen LogP contribution in [0.15, 0.2) is 56.6 Å². The number of nitrogens with one attached hydrogen (secondary N) is 1. The summed E-state index contributed by atoms with van der Waals surface area (Å²) < 4.78 is 23.6. The summed E-state index contributed by atoms with van der Waals surface area (Å²) in [6.45, 7) is 7.72. The van der Waals surface area contributed by atoms with Crippen molar-refractivity contribution in [3.05, 3.63) is 93.7 Å². The van der Waals surface area contributed by atoms with Crippen molar-refractivity contribution in [3.8, 4) is 22.3 Å². The Hall–Kier alpha value is -5.37. The molecule has 13 heteroatoms. The third kappa shape index (κ3) is 6.40. The van der Waals surface area contributed by atoms with Gasteiger partial charge in [0.1, 0.15) is 29.1 Å². The molecule has 6 fully saturated rings. The molecule has 2 N–H and O–H groups in total. The first-order chi connectivity index (χ1) is 30.0. The van der Waals surface area contributed by atoms with Gasteiger partial charge >= 0.3 is 0 Å². The van der Waals surface area contributed by atoms with E-state index in [0.29, 0.717) is 28.7 Å². The molecule has 2 saturated heterocycles. The van der Waals surface area contributed by atoms with Crippen LogP contribution in [0.4, 0.5) is 5.69 Å². The minimum absolute atomic E-state index is 0.00516. The van der Waals surface area contributed by atoms with Crippen LogP contribution in [0.5, 0.6) is 0 Å². The highest BCUT2D eigenvalue weighted by Crippen LogP contribution is 2.55. The zero-order valence-corrected chi connectivity index (χ0v) is 35.7. The van der Waals surface area contributed by atoms with Gasteiger partial charge in [0, 0.05) is 46.5 Å². The first-order valence-corrected chi connectivity index (χ1v) is 22.6. The first kappa shape index (κ1) is 38.3. The van der Waals surface area contributed by atoms with Gasteiger partial charge in [0.2, 0.25) is 0 Å². The molecular weight excluding hydrogens is 783 g/mol. The molecule has 0 unspecified atom stereocenters. The Morgan fingerprint density at radius 1 is 0.806 bits per heavy atom. The molecule has 4 aromatic heterocycles. The number of benzene rings is 2. The maximum absolute atomic E-state index is 13.5. The van der Waals surface area contributed by atoms with Crippen molar-refractivity contribution in [3.63, 3.8) is 0 Å². The van der Waals surface area contributed by atoms with Crippen molar-refractivity contribution in [2.24, 2.45) is 10.9 Å². The van der Waals surface area contributed by atoms with Crippen LogP contribution in [0, 0.1) is 33.6 Å². The van der Waals surface area contributed by atoms with Crippen molar-refractivity contribution < 1.29 is 28.4 Å². The highest BCUT2D eigenvalue weighted by Gasteiger charge is 2.57. The molecule has 4 aliphatic carbocycles. The first-order valence-electron chi connectivity index (χ1n) is 22.6. The van der Waals surface area contributed by atoms with Crippen LogP contribution in [0.2, 0.25) is 0 Å². The van der Waals surface area contributed by atoms with Crippen molar-refractivity contribution >= 4 is 28.2 Å². The van der Waals surface area contributed by atoms with E-state index in [-0.39, 0.29) is 23.1 Å². The zero-order valence-electron chi connectivity index (χ0n) is 35.7. The number of ketones is 1. The van der Waals surface area contributed by atoms with Gasteiger partial charge in [-0.2, -0.15) is 10.2 Å². The molecule has 318 valence electrons. The predicted molar refractivity (Wildman–Crippen MR) is 229 cm³/mol. The number of ether oxygens (including phenoxy) is 2. The average Bonchev–Trinajstić information content (AvgIpc) is 4.24. The fourth-order valence-electron chi connectivity index (χ4n) is 10.5. The van der Waals surface area contributed by atoms with Crippen LogP contribution in [0.1, 0.15) is 139 Å². The number of hydrogen-bond acceptors (Lipinski definition) is 12. The lowest BCUT2D eigenvalue weighted by molar-refractivity contribution is -0.0937.